The minimum absolute atomic E-state index is 0.171. The van der Waals surface area contributed by atoms with E-state index in [1.54, 1.807) is 7.11 Å². The molecule has 5 heteroatoms. The lowest BCUT2D eigenvalue weighted by molar-refractivity contribution is 0.0941. The number of methoxy groups -OCH3 is 1. The number of aryl methyl sites for hydroxylation is 1. The number of nitrogens with one attached hydrogen (secondary N) is 1. The van der Waals surface area contributed by atoms with Gasteiger partial charge < -0.3 is 14.6 Å². The van der Waals surface area contributed by atoms with Gasteiger partial charge in [0.25, 0.3) is 5.91 Å². The maximum absolute atomic E-state index is 12.3. The largest absolute Gasteiger partial charge is 0.497 e. The molecular weight excluding hydrogens is 280 g/mol. The van der Waals surface area contributed by atoms with Gasteiger partial charge in [0.1, 0.15) is 11.5 Å². The molecule has 1 unspecified atom stereocenters. The average molecular weight is 300 g/mol. The predicted octanol–water partition coefficient (Wildman–Crippen LogP) is 2.74. The summed E-state index contributed by atoms with van der Waals surface area (Å²) >= 11 is 0. The SMILES string of the molecule is COc1ccc(CNC(=O)c2noc3c2CC(C)CC3)cc1. The highest BCUT2D eigenvalue weighted by molar-refractivity contribution is 5.93. The molecule has 1 N–H and O–H groups in total. The van der Waals surface area contributed by atoms with Gasteiger partial charge in [0.15, 0.2) is 5.69 Å². The first-order chi connectivity index (χ1) is 10.7. The first-order valence-electron chi connectivity index (χ1n) is 7.56. The van der Waals surface area contributed by atoms with E-state index >= 15 is 0 Å². The van der Waals surface area contributed by atoms with Crippen LogP contribution in [0.25, 0.3) is 0 Å². The van der Waals surface area contributed by atoms with E-state index in [0.29, 0.717) is 18.2 Å². The zero-order valence-corrected chi connectivity index (χ0v) is 12.9. The van der Waals surface area contributed by atoms with E-state index in [1.807, 2.05) is 24.3 Å². The third-order valence-electron chi connectivity index (χ3n) is 4.11. The zero-order valence-electron chi connectivity index (χ0n) is 12.9. The normalized spacial score (nSPS) is 16.9. The third kappa shape index (κ3) is 2.98. The van der Waals surface area contributed by atoms with E-state index < -0.39 is 0 Å². The number of nitrogens with zero attached hydrogens (tertiary/aromatic N) is 1. The van der Waals surface area contributed by atoms with Gasteiger partial charge in [-0.2, -0.15) is 0 Å². The number of aromatic nitrogens is 1. The molecule has 1 aromatic carbocycles. The number of hydrogen-bond donors (Lipinski definition) is 1. The van der Waals surface area contributed by atoms with Gasteiger partial charge in [-0.3, -0.25) is 4.79 Å². The number of benzene rings is 1. The van der Waals surface area contributed by atoms with Crippen molar-refractivity contribution >= 4 is 5.91 Å². The van der Waals surface area contributed by atoms with Crippen molar-refractivity contribution in [1.82, 2.24) is 10.5 Å². The number of carbonyl (C=O) groups is 1. The molecular formula is C17H20N2O3. The molecule has 0 saturated carbocycles. The number of amides is 1. The molecule has 1 aliphatic carbocycles. The van der Waals surface area contributed by atoms with E-state index in [1.165, 1.54) is 0 Å². The highest BCUT2D eigenvalue weighted by Gasteiger charge is 2.26. The fraction of sp³-hybridized carbons (Fsp3) is 0.412. The van der Waals surface area contributed by atoms with Crippen molar-refractivity contribution in [3.05, 3.63) is 46.8 Å². The van der Waals surface area contributed by atoms with Crippen LogP contribution in [0.2, 0.25) is 0 Å². The van der Waals surface area contributed by atoms with Gasteiger partial charge in [-0.15, -0.1) is 0 Å². The molecule has 3 rings (SSSR count). The van der Waals surface area contributed by atoms with Gasteiger partial charge in [-0.25, -0.2) is 0 Å². The van der Waals surface area contributed by atoms with Gasteiger partial charge in [-0.1, -0.05) is 24.2 Å². The minimum atomic E-state index is -0.171. The van der Waals surface area contributed by atoms with Crippen LogP contribution >= 0.6 is 0 Å². The number of fused-ring (bicyclic) bond motifs is 1. The standard InChI is InChI=1S/C17H20N2O3/c1-11-3-8-15-14(9-11)16(19-22-15)17(20)18-10-12-4-6-13(21-2)7-5-12/h4-7,11H,3,8-10H2,1-2H3,(H,18,20). The second-order valence-electron chi connectivity index (χ2n) is 5.81. The van der Waals surface area contributed by atoms with Crippen molar-refractivity contribution in [3.63, 3.8) is 0 Å². The summed E-state index contributed by atoms with van der Waals surface area (Å²) in [6, 6.07) is 7.61. The first kappa shape index (κ1) is 14.6. The Bertz CT molecular complexity index is 661. The molecule has 1 heterocycles. The van der Waals surface area contributed by atoms with E-state index in [9.17, 15) is 4.79 Å². The van der Waals surface area contributed by atoms with E-state index in [0.717, 1.165) is 41.9 Å². The molecule has 0 spiro atoms. The summed E-state index contributed by atoms with van der Waals surface area (Å²) in [6.45, 7) is 2.65. The minimum Gasteiger partial charge on any atom is -0.497 e. The number of ether oxygens (including phenoxy) is 1. The first-order valence-corrected chi connectivity index (χ1v) is 7.56. The number of hydrogen-bond acceptors (Lipinski definition) is 4. The van der Waals surface area contributed by atoms with Gasteiger partial charge in [0.05, 0.1) is 7.11 Å². The van der Waals surface area contributed by atoms with Crippen molar-refractivity contribution in [2.45, 2.75) is 32.7 Å². The molecule has 0 bridgehead atoms. The van der Waals surface area contributed by atoms with E-state index in [-0.39, 0.29) is 5.91 Å². The summed E-state index contributed by atoms with van der Waals surface area (Å²) in [6.07, 6.45) is 2.83. The van der Waals surface area contributed by atoms with Crippen LogP contribution in [0.5, 0.6) is 5.75 Å². The van der Waals surface area contributed by atoms with Gasteiger partial charge in [0, 0.05) is 18.5 Å². The van der Waals surface area contributed by atoms with Crippen LogP contribution in [-0.4, -0.2) is 18.2 Å². The lowest BCUT2D eigenvalue weighted by Gasteiger charge is -2.16. The summed E-state index contributed by atoms with van der Waals surface area (Å²) in [5, 5.41) is 6.87. The lowest BCUT2D eigenvalue weighted by Crippen LogP contribution is -2.25. The van der Waals surface area contributed by atoms with Crippen LogP contribution in [0.4, 0.5) is 0 Å². The maximum atomic E-state index is 12.3. The fourth-order valence-corrected chi connectivity index (χ4v) is 2.77. The second kappa shape index (κ2) is 6.22. The summed E-state index contributed by atoms with van der Waals surface area (Å²) in [5.74, 6) is 2.07. The molecule has 0 radical (unpaired) electrons. The molecule has 1 aliphatic rings. The Hall–Kier alpha value is -2.30. The number of carbonyl (C=O) groups excluding carboxylic acids is 1. The Labute approximate surface area is 129 Å². The topological polar surface area (TPSA) is 64.4 Å². The Morgan fingerprint density at radius 3 is 2.91 bits per heavy atom. The number of rotatable bonds is 4. The second-order valence-corrected chi connectivity index (χ2v) is 5.81. The van der Waals surface area contributed by atoms with E-state index in [4.69, 9.17) is 9.26 Å². The molecule has 0 aliphatic heterocycles. The summed E-state index contributed by atoms with van der Waals surface area (Å²) in [4.78, 5) is 12.3. The smallest absolute Gasteiger partial charge is 0.274 e. The summed E-state index contributed by atoms with van der Waals surface area (Å²) in [7, 11) is 1.63. The molecule has 0 saturated heterocycles. The third-order valence-corrected chi connectivity index (χ3v) is 4.11. The molecule has 116 valence electrons. The Balaban J connectivity index is 1.66. The van der Waals surface area contributed by atoms with Crippen LogP contribution in [0.15, 0.2) is 28.8 Å². The molecule has 5 nitrogen and oxygen atoms in total. The molecule has 22 heavy (non-hydrogen) atoms. The van der Waals surface area contributed by atoms with Crippen molar-refractivity contribution < 1.29 is 14.1 Å². The van der Waals surface area contributed by atoms with Gasteiger partial charge >= 0.3 is 0 Å². The summed E-state index contributed by atoms with van der Waals surface area (Å²) in [5.41, 5.74) is 2.43. The fourth-order valence-electron chi connectivity index (χ4n) is 2.77. The van der Waals surface area contributed by atoms with Crippen LogP contribution < -0.4 is 10.1 Å². The van der Waals surface area contributed by atoms with Gasteiger partial charge in [0.2, 0.25) is 0 Å². The molecule has 0 fully saturated rings. The molecule has 1 aromatic heterocycles. The van der Waals surface area contributed by atoms with Crippen molar-refractivity contribution in [3.8, 4) is 5.75 Å². The van der Waals surface area contributed by atoms with Crippen LogP contribution in [-0.2, 0) is 19.4 Å². The van der Waals surface area contributed by atoms with Crippen LogP contribution in [0.1, 0.15) is 40.7 Å². The zero-order chi connectivity index (χ0) is 15.5. The monoisotopic (exact) mass is 300 g/mol. The summed E-state index contributed by atoms with van der Waals surface area (Å²) < 4.78 is 10.4. The lowest BCUT2D eigenvalue weighted by atomic mass is 9.88. The maximum Gasteiger partial charge on any atom is 0.274 e. The van der Waals surface area contributed by atoms with Crippen LogP contribution in [0, 0.1) is 5.92 Å². The Morgan fingerprint density at radius 1 is 1.41 bits per heavy atom. The predicted molar refractivity (Wildman–Crippen MR) is 81.9 cm³/mol. The highest BCUT2D eigenvalue weighted by Crippen LogP contribution is 2.27. The van der Waals surface area contributed by atoms with Crippen molar-refractivity contribution in [1.29, 1.82) is 0 Å². The molecule has 2 aromatic rings. The van der Waals surface area contributed by atoms with Gasteiger partial charge in [-0.05, 0) is 36.5 Å². The highest BCUT2D eigenvalue weighted by atomic mass is 16.5. The Morgan fingerprint density at radius 2 is 2.18 bits per heavy atom. The average Bonchev–Trinajstić information content (AvgIpc) is 2.96. The molecule has 1 atom stereocenters. The molecule has 1 amide bonds. The quantitative estimate of drug-likeness (QED) is 0.943. The Kier molecular flexibility index (Phi) is 4.13. The van der Waals surface area contributed by atoms with Crippen molar-refractivity contribution in [2.75, 3.05) is 7.11 Å². The van der Waals surface area contributed by atoms with E-state index in [2.05, 4.69) is 17.4 Å². The van der Waals surface area contributed by atoms with Crippen LogP contribution in [0.3, 0.4) is 0 Å². The van der Waals surface area contributed by atoms with Crippen molar-refractivity contribution in [2.24, 2.45) is 5.92 Å².